The second-order valence-electron chi connectivity index (χ2n) is 6.92. The highest BCUT2D eigenvalue weighted by Crippen LogP contribution is 2.48. The van der Waals surface area contributed by atoms with E-state index in [1.807, 2.05) is 36.4 Å². The second kappa shape index (κ2) is 8.67. The fourth-order valence-electron chi connectivity index (χ4n) is 3.62. The molecule has 0 spiro atoms. The standard InChI is InChI=1S/C24H18ClF2NO2/c25-18-11-13-19(14-12-18)28-21(17-9-5-2-6-10-17)20(24(28)29)22(23(26)27)30-15-16-7-3-1-4-8-16/h1-14,20-21H,15H2. The Bertz CT molecular complexity index is 1050. The zero-order valence-corrected chi connectivity index (χ0v) is 16.6. The van der Waals surface area contributed by atoms with Crippen LogP contribution in [-0.4, -0.2) is 5.91 Å². The molecule has 6 heteroatoms. The third-order valence-electron chi connectivity index (χ3n) is 5.05. The van der Waals surface area contributed by atoms with Crippen molar-refractivity contribution < 1.29 is 18.3 Å². The van der Waals surface area contributed by atoms with Crippen LogP contribution in [0.2, 0.25) is 5.02 Å². The average Bonchev–Trinajstić information content (AvgIpc) is 2.77. The summed E-state index contributed by atoms with van der Waals surface area (Å²) in [6.45, 7) is -0.0419. The number of halogens is 3. The van der Waals surface area contributed by atoms with Crippen LogP contribution in [0.5, 0.6) is 0 Å². The molecule has 0 bridgehead atoms. The third-order valence-corrected chi connectivity index (χ3v) is 5.30. The molecular weight excluding hydrogens is 408 g/mol. The van der Waals surface area contributed by atoms with Crippen molar-refractivity contribution in [2.75, 3.05) is 4.90 Å². The Morgan fingerprint density at radius 1 is 0.900 bits per heavy atom. The predicted octanol–water partition coefficient (Wildman–Crippen LogP) is 6.37. The van der Waals surface area contributed by atoms with Crippen molar-refractivity contribution in [3.63, 3.8) is 0 Å². The molecule has 0 aromatic heterocycles. The first-order valence-electron chi connectivity index (χ1n) is 9.41. The van der Waals surface area contributed by atoms with Gasteiger partial charge in [-0.05, 0) is 35.4 Å². The van der Waals surface area contributed by atoms with Crippen LogP contribution in [0.4, 0.5) is 14.5 Å². The van der Waals surface area contributed by atoms with Gasteiger partial charge in [0.25, 0.3) is 0 Å². The van der Waals surface area contributed by atoms with Crippen LogP contribution in [0.3, 0.4) is 0 Å². The molecule has 1 amide bonds. The Balaban J connectivity index is 1.67. The highest BCUT2D eigenvalue weighted by Gasteiger charge is 2.53. The number of carbonyl (C=O) groups excluding carboxylic acids is 1. The van der Waals surface area contributed by atoms with Crippen LogP contribution < -0.4 is 4.90 Å². The Morgan fingerprint density at radius 2 is 1.50 bits per heavy atom. The van der Waals surface area contributed by atoms with E-state index in [9.17, 15) is 13.6 Å². The fraction of sp³-hybridized carbons (Fsp3) is 0.125. The highest BCUT2D eigenvalue weighted by molar-refractivity contribution is 6.30. The molecule has 0 aliphatic carbocycles. The Kier molecular flexibility index (Phi) is 5.81. The van der Waals surface area contributed by atoms with Crippen molar-refractivity contribution in [3.8, 4) is 0 Å². The quantitative estimate of drug-likeness (QED) is 0.339. The van der Waals surface area contributed by atoms with Gasteiger partial charge < -0.3 is 9.64 Å². The van der Waals surface area contributed by atoms with E-state index in [0.717, 1.165) is 11.1 Å². The van der Waals surface area contributed by atoms with Gasteiger partial charge in [0.2, 0.25) is 5.91 Å². The van der Waals surface area contributed by atoms with Crippen LogP contribution in [0, 0.1) is 5.92 Å². The Hall–Kier alpha value is -3.18. The molecule has 1 heterocycles. The number of hydrogen-bond acceptors (Lipinski definition) is 2. The van der Waals surface area contributed by atoms with Gasteiger partial charge in [0.05, 0.1) is 6.04 Å². The molecule has 3 nitrogen and oxygen atoms in total. The molecule has 0 saturated carbocycles. The molecule has 2 unspecified atom stereocenters. The smallest absolute Gasteiger partial charge is 0.308 e. The summed E-state index contributed by atoms with van der Waals surface area (Å²) in [6.07, 6.45) is -1.99. The Labute approximate surface area is 178 Å². The predicted molar refractivity (Wildman–Crippen MR) is 112 cm³/mol. The van der Waals surface area contributed by atoms with Crippen LogP contribution in [0.15, 0.2) is 96.8 Å². The first-order valence-corrected chi connectivity index (χ1v) is 9.79. The maximum Gasteiger partial charge on any atom is 0.308 e. The van der Waals surface area contributed by atoms with Gasteiger partial charge in [0, 0.05) is 10.7 Å². The van der Waals surface area contributed by atoms with Crippen molar-refractivity contribution in [1.82, 2.24) is 0 Å². The van der Waals surface area contributed by atoms with Gasteiger partial charge in [-0.1, -0.05) is 72.3 Å². The molecule has 1 saturated heterocycles. The van der Waals surface area contributed by atoms with Gasteiger partial charge in [-0.15, -0.1) is 0 Å². The summed E-state index contributed by atoms with van der Waals surface area (Å²) in [7, 11) is 0. The van der Waals surface area contributed by atoms with Gasteiger partial charge in [0.1, 0.15) is 12.5 Å². The highest BCUT2D eigenvalue weighted by atomic mass is 35.5. The number of anilines is 1. The van der Waals surface area contributed by atoms with E-state index < -0.39 is 29.7 Å². The van der Waals surface area contributed by atoms with Crippen LogP contribution in [0.1, 0.15) is 17.2 Å². The lowest BCUT2D eigenvalue weighted by Crippen LogP contribution is -2.56. The van der Waals surface area contributed by atoms with Gasteiger partial charge in [-0.25, -0.2) is 0 Å². The summed E-state index contributed by atoms with van der Waals surface area (Å²) in [4.78, 5) is 14.5. The number of ether oxygens (including phenoxy) is 1. The minimum Gasteiger partial charge on any atom is -0.487 e. The van der Waals surface area contributed by atoms with Crippen molar-refractivity contribution >= 4 is 23.2 Å². The van der Waals surface area contributed by atoms with Gasteiger partial charge in [-0.3, -0.25) is 4.79 Å². The molecule has 3 aromatic carbocycles. The first-order chi connectivity index (χ1) is 14.6. The number of amides is 1. The van der Waals surface area contributed by atoms with Crippen LogP contribution in [-0.2, 0) is 16.1 Å². The minimum atomic E-state index is -1.99. The van der Waals surface area contributed by atoms with E-state index in [4.69, 9.17) is 16.3 Å². The van der Waals surface area contributed by atoms with Crippen LogP contribution >= 0.6 is 11.6 Å². The van der Waals surface area contributed by atoms with E-state index in [0.29, 0.717) is 10.7 Å². The number of carbonyl (C=O) groups is 1. The van der Waals surface area contributed by atoms with E-state index in [2.05, 4.69) is 0 Å². The molecule has 2 atom stereocenters. The maximum absolute atomic E-state index is 13.9. The molecule has 0 radical (unpaired) electrons. The lowest BCUT2D eigenvalue weighted by atomic mass is 9.80. The maximum atomic E-state index is 13.9. The van der Waals surface area contributed by atoms with Gasteiger partial charge in [0.15, 0.2) is 5.76 Å². The molecule has 0 N–H and O–H groups in total. The summed E-state index contributed by atoms with van der Waals surface area (Å²) in [6, 6.07) is 24.2. The summed E-state index contributed by atoms with van der Waals surface area (Å²) in [5, 5.41) is 0.529. The largest absolute Gasteiger partial charge is 0.487 e. The number of nitrogens with zero attached hydrogens (tertiary/aromatic N) is 1. The zero-order valence-electron chi connectivity index (χ0n) is 15.8. The lowest BCUT2D eigenvalue weighted by molar-refractivity contribution is -0.131. The van der Waals surface area contributed by atoms with Crippen molar-refractivity contribution in [2.45, 2.75) is 12.6 Å². The molecule has 30 heavy (non-hydrogen) atoms. The minimum absolute atomic E-state index is 0.0419. The first kappa shape index (κ1) is 20.1. The summed E-state index contributed by atoms with van der Waals surface area (Å²) >= 11 is 5.96. The van der Waals surface area contributed by atoms with E-state index in [-0.39, 0.29) is 6.61 Å². The van der Waals surface area contributed by atoms with Crippen molar-refractivity contribution in [2.24, 2.45) is 5.92 Å². The van der Waals surface area contributed by atoms with E-state index >= 15 is 0 Å². The molecule has 1 aliphatic rings. The monoisotopic (exact) mass is 425 g/mol. The summed E-state index contributed by atoms with van der Waals surface area (Å²) in [5.41, 5.74) is 2.09. The molecule has 3 aromatic rings. The summed E-state index contributed by atoms with van der Waals surface area (Å²) < 4.78 is 33.2. The Morgan fingerprint density at radius 3 is 2.10 bits per heavy atom. The number of rotatable bonds is 6. The molecule has 1 fully saturated rings. The van der Waals surface area contributed by atoms with Crippen molar-refractivity contribution in [1.29, 1.82) is 0 Å². The van der Waals surface area contributed by atoms with Crippen LogP contribution in [0.25, 0.3) is 0 Å². The molecular formula is C24H18ClF2NO2. The topological polar surface area (TPSA) is 29.5 Å². The van der Waals surface area contributed by atoms with E-state index in [1.165, 1.54) is 4.90 Å². The third kappa shape index (κ3) is 3.94. The number of β-lactam (4-membered cyclic amide) rings is 1. The molecule has 4 rings (SSSR count). The SMILES string of the molecule is O=C1C(C(OCc2ccccc2)=C(F)F)C(c2ccccc2)N1c1ccc(Cl)cc1. The number of benzene rings is 3. The zero-order chi connectivity index (χ0) is 21.1. The van der Waals surface area contributed by atoms with Gasteiger partial charge >= 0.3 is 6.08 Å². The fourth-order valence-corrected chi connectivity index (χ4v) is 3.75. The van der Waals surface area contributed by atoms with E-state index in [1.54, 1.807) is 48.5 Å². The van der Waals surface area contributed by atoms with Gasteiger partial charge in [-0.2, -0.15) is 8.78 Å². The lowest BCUT2D eigenvalue weighted by Gasteiger charge is -2.47. The summed E-state index contributed by atoms with van der Waals surface area (Å²) in [5.74, 6) is -2.12. The normalized spacial score (nSPS) is 18.0. The molecule has 152 valence electrons. The van der Waals surface area contributed by atoms with Crippen molar-refractivity contribution in [3.05, 3.63) is 113 Å². The molecule has 1 aliphatic heterocycles. The number of hydrogen-bond donors (Lipinski definition) is 0. The second-order valence-corrected chi connectivity index (χ2v) is 7.35. The average molecular weight is 426 g/mol.